The number of ether oxygens (including phenoxy) is 1. The van der Waals surface area contributed by atoms with Gasteiger partial charge in [0.25, 0.3) is 0 Å². The minimum atomic E-state index is -0.504. The van der Waals surface area contributed by atoms with Crippen molar-refractivity contribution < 1.29 is 9.53 Å². The van der Waals surface area contributed by atoms with Crippen LogP contribution in [0.1, 0.15) is 31.1 Å². The molecular weight excluding hydrogens is 330 g/mol. The number of carbonyl (C=O) groups excluding carboxylic acids is 1. The Hall–Kier alpha value is -2.34. The predicted molar refractivity (Wildman–Crippen MR) is 93.8 cm³/mol. The van der Waals surface area contributed by atoms with Gasteiger partial charge in [0.05, 0.1) is 33.7 Å². The van der Waals surface area contributed by atoms with E-state index < -0.39 is 5.97 Å². The third-order valence-electron chi connectivity index (χ3n) is 4.07. The van der Waals surface area contributed by atoms with Gasteiger partial charge in [0.15, 0.2) is 0 Å². The van der Waals surface area contributed by atoms with Crippen LogP contribution in [-0.4, -0.2) is 26.7 Å². The maximum atomic E-state index is 12.5. The normalized spacial score (nSPS) is 11.3. The van der Waals surface area contributed by atoms with Crippen LogP contribution in [0.2, 0.25) is 5.02 Å². The molecule has 3 aromatic rings. The number of carbonyl (C=O) groups is 1. The lowest BCUT2D eigenvalue weighted by Crippen LogP contribution is -2.22. The van der Waals surface area contributed by atoms with Gasteiger partial charge in [-0.25, -0.2) is 9.59 Å². The quantitative estimate of drug-likeness (QED) is 0.680. The minimum absolute atomic E-state index is 0.0629. The smallest absolute Gasteiger partial charge is 0.341 e. The van der Waals surface area contributed by atoms with Crippen molar-refractivity contribution in [1.29, 1.82) is 0 Å². The Bertz CT molecular complexity index is 1000. The summed E-state index contributed by atoms with van der Waals surface area (Å²) in [7, 11) is 0. The van der Waals surface area contributed by atoms with Crippen LogP contribution in [-0.2, 0) is 17.8 Å². The van der Waals surface area contributed by atoms with Gasteiger partial charge in [0.1, 0.15) is 0 Å². The zero-order chi connectivity index (χ0) is 17.4. The molecule has 0 bridgehead atoms. The molecule has 0 radical (unpaired) electrons. The van der Waals surface area contributed by atoms with Gasteiger partial charge in [-0.05, 0) is 32.9 Å². The molecule has 0 amide bonds. The molecule has 24 heavy (non-hydrogen) atoms. The van der Waals surface area contributed by atoms with E-state index in [1.165, 1.54) is 6.20 Å². The van der Waals surface area contributed by atoms with E-state index in [2.05, 4.69) is 4.98 Å². The fourth-order valence-corrected chi connectivity index (χ4v) is 3.21. The van der Waals surface area contributed by atoms with Crippen molar-refractivity contribution in [1.82, 2.24) is 14.1 Å². The molecule has 0 atom stereocenters. The summed E-state index contributed by atoms with van der Waals surface area (Å²) in [4.78, 5) is 28.8. The molecule has 0 aliphatic heterocycles. The minimum Gasteiger partial charge on any atom is -0.462 e. The van der Waals surface area contributed by atoms with Crippen molar-refractivity contribution in [2.45, 2.75) is 33.9 Å². The maximum Gasteiger partial charge on any atom is 0.341 e. The SMILES string of the molecule is CCOC(=O)c1cnc2cc3c(cc2c1Cl)n(CC)c(=O)n3CC. The van der Waals surface area contributed by atoms with Crippen LogP contribution >= 0.6 is 11.6 Å². The lowest BCUT2D eigenvalue weighted by atomic mass is 10.1. The highest BCUT2D eigenvalue weighted by molar-refractivity contribution is 6.38. The molecule has 0 spiro atoms. The van der Waals surface area contributed by atoms with Gasteiger partial charge < -0.3 is 4.74 Å². The van der Waals surface area contributed by atoms with Gasteiger partial charge in [0.2, 0.25) is 0 Å². The van der Waals surface area contributed by atoms with Crippen molar-refractivity contribution >= 4 is 39.5 Å². The Kier molecular flexibility index (Phi) is 4.32. The molecule has 0 fully saturated rings. The maximum absolute atomic E-state index is 12.5. The number of hydrogen-bond donors (Lipinski definition) is 0. The lowest BCUT2D eigenvalue weighted by molar-refractivity contribution is 0.0526. The Morgan fingerprint density at radius 1 is 1.17 bits per heavy atom. The molecule has 0 saturated heterocycles. The first kappa shape index (κ1) is 16.5. The van der Waals surface area contributed by atoms with E-state index in [0.29, 0.717) is 29.0 Å². The summed E-state index contributed by atoms with van der Waals surface area (Å²) in [6.45, 7) is 6.96. The van der Waals surface area contributed by atoms with Gasteiger partial charge in [-0.3, -0.25) is 14.1 Å². The number of hydrogen-bond acceptors (Lipinski definition) is 4. The zero-order valence-corrected chi connectivity index (χ0v) is 14.6. The Morgan fingerprint density at radius 2 is 1.79 bits per heavy atom. The van der Waals surface area contributed by atoms with Gasteiger partial charge in [-0.15, -0.1) is 0 Å². The van der Waals surface area contributed by atoms with Crippen molar-refractivity contribution in [3.05, 3.63) is 39.4 Å². The molecule has 2 aromatic heterocycles. The predicted octanol–water partition coefficient (Wildman–Crippen LogP) is 3.22. The summed E-state index contributed by atoms with van der Waals surface area (Å²) >= 11 is 6.41. The van der Waals surface area contributed by atoms with Crippen LogP contribution < -0.4 is 5.69 Å². The average molecular weight is 348 g/mol. The molecule has 2 heterocycles. The standard InChI is InChI=1S/C17H18ClN3O3/c1-4-20-13-7-10-12(8-14(13)21(5-2)17(20)23)19-9-11(15(10)18)16(22)24-6-3/h7-9H,4-6H2,1-3H3. The first-order valence-electron chi connectivity index (χ1n) is 7.91. The molecular formula is C17H18ClN3O3. The highest BCUT2D eigenvalue weighted by Crippen LogP contribution is 2.30. The zero-order valence-electron chi connectivity index (χ0n) is 13.8. The molecule has 0 saturated carbocycles. The second-order valence-electron chi connectivity index (χ2n) is 5.34. The fourth-order valence-electron chi connectivity index (χ4n) is 2.93. The highest BCUT2D eigenvalue weighted by Gasteiger charge is 2.18. The van der Waals surface area contributed by atoms with Crippen LogP contribution in [0.25, 0.3) is 21.9 Å². The van der Waals surface area contributed by atoms with Crippen LogP contribution in [0.3, 0.4) is 0 Å². The van der Waals surface area contributed by atoms with E-state index in [-0.39, 0.29) is 17.9 Å². The number of benzene rings is 1. The summed E-state index contributed by atoms with van der Waals surface area (Å²) in [6.07, 6.45) is 1.42. The number of halogens is 1. The molecule has 0 unspecified atom stereocenters. The molecule has 7 heteroatoms. The summed E-state index contributed by atoms with van der Waals surface area (Å²) in [5.74, 6) is -0.504. The van der Waals surface area contributed by atoms with Crippen LogP contribution in [0.4, 0.5) is 0 Å². The third kappa shape index (κ3) is 2.38. The number of aromatic nitrogens is 3. The van der Waals surface area contributed by atoms with E-state index in [0.717, 1.165) is 11.0 Å². The van der Waals surface area contributed by atoms with Crippen molar-refractivity contribution in [3.8, 4) is 0 Å². The number of aryl methyl sites for hydroxylation is 2. The number of nitrogens with zero attached hydrogens (tertiary/aromatic N) is 3. The van der Waals surface area contributed by atoms with Gasteiger partial charge in [-0.2, -0.15) is 0 Å². The molecule has 6 nitrogen and oxygen atoms in total. The second kappa shape index (κ2) is 6.28. The van der Waals surface area contributed by atoms with E-state index in [9.17, 15) is 9.59 Å². The van der Waals surface area contributed by atoms with Gasteiger partial charge in [-0.1, -0.05) is 11.6 Å². The van der Waals surface area contributed by atoms with Gasteiger partial charge in [0, 0.05) is 24.7 Å². The molecule has 3 rings (SSSR count). The first-order chi connectivity index (χ1) is 11.5. The molecule has 0 N–H and O–H groups in total. The van der Waals surface area contributed by atoms with E-state index in [1.807, 2.05) is 26.0 Å². The van der Waals surface area contributed by atoms with Crippen LogP contribution in [0, 0.1) is 0 Å². The summed E-state index contributed by atoms with van der Waals surface area (Å²) in [5.41, 5.74) is 2.39. The molecule has 0 aliphatic carbocycles. The molecule has 1 aromatic carbocycles. The second-order valence-corrected chi connectivity index (χ2v) is 5.71. The van der Waals surface area contributed by atoms with Crippen LogP contribution in [0.5, 0.6) is 0 Å². The number of esters is 1. The van der Waals surface area contributed by atoms with E-state index in [4.69, 9.17) is 16.3 Å². The summed E-state index contributed by atoms with van der Waals surface area (Å²) in [6, 6.07) is 3.66. The van der Waals surface area contributed by atoms with Crippen molar-refractivity contribution in [2.24, 2.45) is 0 Å². The number of pyridine rings is 1. The highest BCUT2D eigenvalue weighted by atomic mass is 35.5. The Morgan fingerprint density at radius 3 is 2.38 bits per heavy atom. The largest absolute Gasteiger partial charge is 0.462 e. The Labute approximate surface area is 143 Å². The van der Waals surface area contributed by atoms with E-state index >= 15 is 0 Å². The number of rotatable bonds is 4. The van der Waals surface area contributed by atoms with E-state index in [1.54, 1.807) is 16.1 Å². The molecule has 0 aliphatic rings. The number of fused-ring (bicyclic) bond motifs is 2. The third-order valence-corrected chi connectivity index (χ3v) is 4.48. The first-order valence-corrected chi connectivity index (χ1v) is 8.29. The number of imidazole rings is 1. The molecule has 126 valence electrons. The summed E-state index contributed by atoms with van der Waals surface area (Å²) < 4.78 is 8.40. The van der Waals surface area contributed by atoms with Crippen molar-refractivity contribution in [2.75, 3.05) is 6.61 Å². The van der Waals surface area contributed by atoms with Gasteiger partial charge >= 0.3 is 11.7 Å². The topological polar surface area (TPSA) is 66.1 Å². The van der Waals surface area contributed by atoms with Crippen molar-refractivity contribution in [3.63, 3.8) is 0 Å². The van der Waals surface area contributed by atoms with Crippen LogP contribution in [0.15, 0.2) is 23.1 Å². The Balaban J connectivity index is 2.35. The monoisotopic (exact) mass is 347 g/mol. The summed E-state index contributed by atoms with van der Waals surface area (Å²) in [5, 5.41) is 0.921. The fraction of sp³-hybridized carbons (Fsp3) is 0.353. The average Bonchev–Trinajstić information content (AvgIpc) is 2.83. The lowest BCUT2D eigenvalue weighted by Gasteiger charge is -2.08.